The molecule has 0 heterocycles. The average Bonchev–Trinajstić information content (AvgIpc) is 2.39. The quantitative estimate of drug-likeness (QED) is 0.736. The zero-order valence-corrected chi connectivity index (χ0v) is 9.45. The van der Waals surface area contributed by atoms with Gasteiger partial charge in [-0.05, 0) is 5.56 Å². The highest BCUT2D eigenvalue weighted by atomic mass is 16.8. The molecule has 0 amide bonds. The average molecular weight is 228 g/mol. The van der Waals surface area contributed by atoms with Gasteiger partial charge >= 0.3 is 0 Å². The van der Waals surface area contributed by atoms with Crippen molar-refractivity contribution in [2.45, 2.75) is 13.2 Å². The third kappa shape index (κ3) is 3.72. The molecule has 2 rings (SSSR count). The van der Waals surface area contributed by atoms with Gasteiger partial charge in [-0.1, -0.05) is 60.7 Å². The van der Waals surface area contributed by atoms with Crippen LogP contribution in [-0.4, -0.2) is 4.92 Å². The van der Waals surface area contributed by atoms with Crippen LogP contribution in [0.15, 0.2) is 60.7 Å². The van der Waals surface area contributed by atoms with E-state index in [0.717, 1.165) is 11.1 Å². The Labute approximate surface area is 100 Å². The number of hydrogen-bond acceptors (Lipinski definition) is 2. The number of rotatable bonds is 5. The Morgan fingerprint density at radius 2 is 1.35 bits per heavy atom. The molecule has 2 aromatic rings. The van der Waals surface area contributed by atoms with Gasteiger partial charge in [0.05, 0.1) is 4.91 Å². The van der Waals surface area contributed by atoms with Gasteiger partial charge in [0, 0.05) is 5.56 Å². The molecule has 0 aliphatic carbocycles. The summed E-state index contributed by atoms with van der Waals surface area (Å²) in [5.74, 6) is 0. The highest BCUT2D eigenvalue weighted by Gasteiger charge is 2.11. The third-order valence-electron chi connectivity index (χ3n) is 2.37. The molecule has 0 unspecified atom stereocenters. The standard InChI is InChI=1S/C14H14NO2/c16-15(11-13-7-3-1-4-8-13)17-12-14-9-5-2-6-10-14/h1-10H,11-12H2/q+1. The van der Waals surface area contributed by atoms with Gasteiger partial charge < -0.3 is 0 Å². The summed E-state index contributed by atoms with van der Waals surface area (Å²) in [7, 11) is 0. The summed E-state index contributed by atoms with van der Waals surface area (Å²) in [5.41, 5.74) is 1.93. The molecule has 0 saturated heterocycles. The molecule has 86 valence electrons. The van der Waals surface area contributed by atoms with E-state index >= 15 is 0 Å². The smallest absolute Gasteiger partial charge is 0.227 e. The van der Waals surface area contributed by atoms with Crippen molar-refractivity contribution in [1.82, 2.24) is 0 Å². The van der Waals surface area contributed by atoms with Crippen molar-refractivity contribution in [2.24, 2.45) is 0 Å². The second-order valence-corrected chi connectivity index (χ2v) is 3.74. The van der Waals surface area contributed by atoms with Crippen molar-refractivity contribution in [1.29, 1.82) is 0 Å². The Morgan fingerprint density at radius 1 is 0.824 bits per heavy atom. The van der Waals surface area contributed by atoms with E-state index in [0.29, 0.717) is 11.5 Å². The fraction of sp³-hybridized carbons (Fsp3) is 0.143. The van der Waals surface area contributed by atoms with Crippen LogP contribution in [0.2, 0.25) is 0 Å². The fourth-order valence-corrected chi connectivity index (χ4v) is 1.50. The highest BCUT2D eigenvalue weighted by Crippen LogP contribution is 2.04. The van der Waals surface area contributed by atoms with Crippen molar-refractivity contribution in [2.75, 3.05) is 0 Å². The van der Waals surface area contributed by atoms with Crippen LogP contribution < -0.4 is 0 Å². The molecule has 0 saturated carbocycles. The van der Waals surface area contributed by atoms with E-state index in [4.69, 9.17) is 4.84 Å². The highest BCUT2D eigenvalue weighted by molar-refractivity contribution is 5.14. The Balaban J connectivity index is 1.83. The molecule has 0 aliphatic rings. The minimum atomic E-state index is 0.244. The van der Waals surface area contributed by atoms with Crippen LogP contribution >= 0.6 is 0 Å². The first-order valence-corrected chi connectivity index (χ1v) is 5.50. The predicted octanol–water partition coefficient (Wildman–Crippen LogP) is 3.10. The normalized spacial score (nSPS) is 9.88. The van der Waals surface area contributed by atoms with E-state index in [1.54, 1.807) is 0 Å². The van der Waals surface area contributed by atoms with E-state index in [1.807, 2.05) is 60.7 Å². The monoisotopic (exact) mass is 228 g/mol. The molecule has 0 N–H and O–H groups in total. The molecular weight excluding hydrogens is 214 g/mol. The fourth-order valence-electron chi connectivity index (χ4n) is 1.50. The van der Waals surface area contributed by atoms with Gasteiger partial charge in [0.1, 0.15) is 0 Å². The molecule has 0 aliphatic heterocycles. The van der Waals surface area contributed by atoms with Gasteiger partial charge in [-0.2, -0.15) is 0 Å². The zero-order valence-electron chi connectivity index (χ0n) is 9.45. The van der Waals surface area contributed by atoms with Gasteiger partial charge in [-0.3, -0.25) is 0 Å². The van der Waals surface area contributed by atoms with Crippen molar-refractivity contribution >= 4 is 0 Å². The van der Waals surface area contributed by atoms with Crippen molar-refractivity contribution in [3.63, 3.8) is 0 Å². The van der Waals surface area contributed by atoms with Crippen LogP contribution in [0.1, 0.15) is 11.1 Å². The third-order valence-corrected chi connectivity index (χ3v) is 2.37. The van der Waals surface area contributed by atoms with E-state index in [-0.39, 0.29) is 6.54 Å². The first-order valence-electron chi connectivity index (χ1n) is 5.50. The molecule has 0 aromatic heterocycles. The van der Waals surface area contributed by atoms with Crippen LogP contribution in [0.5, 0.6) is 0 Å². The Kier molecular flexibility index (Phi) is 3.86. The van der Waals surface area contributed by atoms with Gasteiger partial charge in [0.2, 0.25) is 4.92 Å². The van der Waals surface area contributed by atoms with E-state index in [1.165, 1.54) is 0 Å². The largest absolute Gasteiger partial charge is 0.273 e. The second kappa shape index (κ2) is 5.80. The molecular formula is C14H14NO2+. The molecule has 0 bridgehead atoms. The first kappa shape index (κ1) is 11.3. The van der Waals surface area contributed by atoms with Gasteiger partial charge in [-0.25, -0.2) is 4.84 Å². The van der Waals surface area contributed by atoms with Crippen LogP contribution in [0.3, 0.4) is 0 Å². The minimum Gasteiger partial charge on any atom is -0.227 e. The maximum absolute atomic E-state index is 11.5. The summed E-state index contributed by atoms with van der Waals surface area (Å²) in [6.07, 6.45) is 0. The Morgan fingerprint density at radius 3 is 1.94 bits per heavy atom. The van der Waals surface area contributed by atoms with Gasteiger partial charge in [0.25, 0.3) is 6.54 Å². The summed E-state index contributed by atoms with van der Waals surface area (Å²) in [6.45, 7) is 0.546. The summed E-state index contributed by atoms with van der Waals surface area (Å²) in [4.78, 5) is 17.2. The molecule has 2 aromatic carbocycles. The Hall–Kier alpha value is -2.16. The lowest BCUT2D eigenvalue weighted by atomic mass is 10.2. The summed E-state index contributed by atoms with van der Waals surface area (Å²) in [5, 5.41) is 0. The van der Waals surface area contributed by atoms with E-state index < -0.39 is 0 Å². The molecule has 3 heteroatoms. The van der Waals surface area contributed by atoms with Gasteiger partial charge in [0.15, 0.2) is 6.61 Å². The van der Waals surface area contributed by atoms with Crippen LogP contribution in [0, 0.1) is 4.91 Å². The lowest BCUT2D eigenvalue weighted by Gasteiger charge is -1.97. The van der Waals surface area contributed by atoms with E-state index in [2.05, 4.69) is 0 Å². The maximum atomic E-state index is 11.5. The lowest BCUT2D eigenvalue weighted by molar-refractivity contribution is -0.819. The topological polar surface area (TPSA) is 29.3 Å². The lowest BCUT2D eigenvalue weighted by Crippen LogP contribution is -2.08. The zero-order chi connectivity index (χ0) is 11.9. The summed E-state index contributed by atoms with van der Waals surface area (Å²) >= 11 is 0. The molecule has 17 heavy (non-hydrogen) atoms. The molecule has 3 nitrogen and oxygen atoms in total. The van der Waals surface area contributed by atoms with Crippen molar-refractivity contribution in [3.05, 3.63) is 76.7 Å². The molecule has 0 spiro atoms. The molecule has 0 fully saturated rings. The first-order chi connectivity index (χ1) is 8.34. The number of nitrogens with zero attached hydrogens (tertiary/aromatic N) is 1. The SMILES string of the molecule is O=[N+](Cc1ccccc1)OCc1ccccc1. The summed E-state index contributed by atoms with van der Waals surface area (Å²) in [6, 6.07) is 19.2. The van der Waals surface area contributed by atoms with Crippen molar-refractivity contribution in [3.8, 4) is 0 Å². The second-order valence-electron chi connectivity index (χ2n) is 3.74. The van der Waals surface area contributed by atoms with Crippen LogP contribution in [0.25, 0.3) is 0 Å². The maximum Gasteiger partial charge on any atom is 0.273 e. The number of hydrogen-bond donors (Lipinski definition) is 0. The van der Waals surface area contributed by atoms with Crippen LogP contribution in [-0.2, 0) is 18.0 Å². The Bertz CT molecular complexity index is 468. The molecule has 0 atom stereocenters. The van der Waals surface area contributed by atoms with Crippen molar-refractivity contribution < 1.29 is 9.76 Å². The van der Waals surface area contributed by atoms with E-state index in [9.17, 15) is 4.91 Å². The molecule has 0 radical (unpaired) electrons. The van der Waals surface area contributed by atoms with Gasteiger partial charge in [-0.15, -0.1) is 0 Å². The summed E-state index contributed by atoms with van der Waals surface area (Å²) < 4.78 is 0. The predicted molar refractivity (Wildman–Crippen MR) is 65.0 cm³/mol. The number of benzene rings is 2. The van der Waals surface area contributed by atoms with Crippen LogP contribution in [0.4, 0.5) is 0 Å². The minimum absolute atomic E-state index is 0.244.